The van der Waals surface area contributed by atoms with E-state index in [1.165, 1.54) is 11.3 Å². The van der Waals surface area contributed by atoms with E-state index in [9.17, 15) is 0 Å². The first-order valence-electron chi connectivity index (χ1n) is 7.26. The molecule has 2 rings (SSSR count). The first-order valence-corrected chi connectivity index (χ1v) is 7.26. The van der Waals surface area contributed by atoms with Crippen molar-refractivity contribution in [3.8, 4) is 0 Å². The Morgan fingerprint density at radius 2 is 2.21 bits per heavy atom. The number of hydrogen-bond donors (Lipinski definition) is 1. The summed E-state index contributed by atoms with van der Waals surface area (Å²) in [5.41, 5.74) is 2.44. The molecule has 0 amide bonds. The smallest absolute Gasteiger partial charge is 0.0544 e. The number of pyridine rings is 1. The van der Waals surface area contributed by atoms with Gasteiger partial charge in [0.05, 0.1) is 5.69 Å². The van der Waals surface area contributed by atoms with Crippen molar-refractivity contribution in [2.75, 3.05) is 33.2 Å². The number of nitrogens with one attached hydrogen (secondary N) is 1. The van der Waals surface area contributed by atoms with E-state index >= 15 is 0 Å². The summed E-state index contributed by atoms with van der Waals surface area (Å²) in [4.78, 5) is 9.50. The topological polar surface area (TPSA) is 31.4 Å². The van der Waals surface area contributed by atoms with Crippen LogP contribution in [0.15, 0.2) is 18.3 Å². The third kappa shape index (κ3) is 4.27. The molecule has 2 heterocycles. The van der Waals surface area contributed by atoms with Gasteiger partial charge in [-0.05, 0) is 32.1 Å². The molecule has 1 aromatic heterocycles. The lowest BCUT2D eigenvalue weighted by Crippen LogP contribution is -2.49. The second-order valence-electron chi connectivity index (χ2n) is 5.52. The van der Waals surface area contributed by atoms with Gasteiger partial charge in [-0.1, -0.05) is 13.0 Å². The van der Waals surface area contributed by atoms with Gasteiger partial charge in [0.2, 0.25) is 0 Å². The third-order valence-corrected chi connectivity index (χ3v) is 3.80. The molecule has 0 aromatic carbocycles. The zero-order chi connectivity index (χ0) is 13.7. The summed E-state index contributed by atoms with van der Waals surface area (Å²) < 4.78 is 0. The third-order valence-electron chi connectivity index (χ3n) is 3.80. The van der Waals surface area contributed by atoms with Gasteiger partial charge in [-0.3, -0.25) is 9.88 Å². The van der Waals surface area contributed by atoms with Gasteiger partial charge in [0.15, 0.2) is 0 Å². The van der Waals surface area contributed by atoms with Crippen LogP contribution < -0.4 is 5.32 Å². The zero-order valence-electron chi connectivity index (χ0n) is 12.4. The van der Waals surface area contributed by atoms with Crippen LogP contribution in [0.25, 0.3) is 0 Å². The molecule has 1 saturated heterocycles. The lowest BCUT2D eigenvalue weighted by atomic mass is 10.1. The molecule has 0 aliphatic carbocycles. The van der Waals surface area contributed by atoms with Crippen LogP contribution in [0.5, 0.6) is 0 Å². The number of likely N-dealkylation sites (N-methyl/N-ethyl adjacent to an activating group) is 1. The fourth-order valence-electron chi connectivity index (χ4n) is 2.54. The number of rotatable bonds is 5. The van der Waals surface area contributed by atoms with Gasteiger partial charge in [0, 0.05) is 45.0 Å². The Labute approximate surface area is 116 Å². The summed E-state index contributed by atoms with van der Waals surface area (Å²) in [5, 5.41) is 3.32. The standard InChI is InChI=1S/C15H26N4/c1-4-16-9-14-5-6-15(17-10-14)12-19-8-7-18(3)11-13(19)2/h5-6,10,13,16H,4,7-9,11-12H2,1-3H3. The first-order chi connectivity index (χ1) is 9.19. The minimum Gasteiger partial charge on any atom is -0.313 e. The van der Waals surface area contributed by atoms with E-state index in [0.29, 0.717) is 6.04 Å². The molecule has 4 heteroatoms. The monoisotopic (exact) mass is 262 g/mol. The maximum atomic E-state index is 4.58. The van der Waals surface area contributed by atoms with Crippen molar-refractivity contribution < 1.29 is 0 Å². The molecule has 1 unspecified atom stereocenters. The number of nitrogens with zero attached hydrogens (tertiary/aromatic N) is 3. The number of hydrogen-bond acceptors (Lipinski definition) is 4. The van der Waals surface area contributed by atoms with Gasteiger partial charge >= 0.3 is 0 Å². The summed E-state index contributed by atoms with van der Waals surface area (Å²) in [6, 6.07) is 4.96. The molecule has 1 N–H and O–H groups in total. The fraction of sp³-hybridized carbons (Fsp3) is 0.667. The molecule has 1 aliphatic heterocycles. The molecule has 0 saturated carbocycles. The van der Waals surface area contributed by atoms with Crippen molar-refractivity contribution in [3.63, 3.8) is 0 Å². The van der Waals surface area contributed by atoms with Crippen LogP contribution in [0.2, 0.25) is 0 Å². The predicted octanol–water partition coefficient (Wildman–Crippen LogP) is 1.33. The van der Waals surface area contributed by atoms with E-state index in [2.05, 4.69) is 53.1 Å². The molecule has 1 fully saturated rings. The van der Waals surface area contributed by atoms with Crippen LogP contribution in [-0.2, 0) is 13.1 Å². The molecule has 106 valence electrons. The van der Waals surface area contributed by atoms with Gasteiger partial charge < -0.3 is 10.2 Å². The fourth-order valence-corrected chi connectivity index (χ4v) is 2.54. The Morgan fingerprint density at radius 1 is 1.37 bits per heavy atom. The summed E-state index contributed by atoms with van der Waals surface area (Å²) in [5.74, 6) is 0. The van der Waals surface area contributed by atoms with E-state index < -0.39 is 0 Å². The van der Waals surface area contributed by atoms with Crippen molar-refractivity contribution in [1.82, 2.24) is 20.1 Å². The zero-order valence-corrected chi connectivity index (χ0v) is 12.4. The minimum absolute atomic E-state index is 0.613. The Hall–Kier alpha value is -0.970. The first kappa shape index (κ1) is 14.4. The maximum absolute atomic E-state index is 4.58. The van der Waals surface area contributed by atoms with Gasteiger partial charge in [-0.2, -0.15) is 0 Å². The van der Waals surface area contributed by atoms with Gasteiger partial charge in [0.1, 0.15) is 0 Å². The van der Waals surface area contributed by atoms with Crippen molar-refractivity contribution in [3.05, 3.63) is 29.6 Å². The molecule has 0 bridgehead atoms. The van der Waals surface area contributed by atoms with E-state index in [1.807, 2.05) is 6.20 Å². The highest BCUT2D eigenvalue weighted by Gasteiger charge is 2.21. The second-order valence-corrected chi connectivity index (χ2v) is 5.52. The molecular formula is C15H26N4. The second kappa shape index (κ2) is 6.98. The van der Waals surface area contributed by atoms with E-state index in [1.54, 1.807) is 0 Å². The van der Waals surface area contributed by atoms with Crippen LogP contribution in [0, 0.1) is 0 Å². The SMILES string of the molecule is CCNCc1ccc(CN2CCN(C)CC2C)nc1. The molecular weight excluding hydrogens is 236 g/mol. The van der Waals surface area contributed by atoms with Crippen molar-refractivity contribution >= 4 is 0 Å². The highest BCUT2D eigenvalue weighted by molar-refractivity contribution is 5.14. The van der Waals surface area contributed by atoms with Crippen LogP contribution in [-0.4, -0.2) is 54.1 Å². The molecule has 1 atom stereocenters. The summed E-state index contributed by atoms with van der Waals surface area (Å²) in [6.45, 7) is 10.7. The average Bonchev–Trinajstić information content (AvgIpc) is 2.41. The summed E-state index contributed by atoms with van der Waals surface area (Å²) in [7, 11) is 2.20. The largest absolute Gasteiger partial charge is 0.313 e. The van der Waals surface area contributed by atoms with Crippen LogP contribution in [0.1, 0.15) is 25.1 Å². The Morgan fingerprint density at radius 3 is 2.84 bits per heavy atom. The Kier molecular flexibility index (Phi) is 5.31. The van der Waals surface area contributed by atoms with Gasteiger partial charge in [-0.25, -0.2) is 0 Å². The van der Waals surface area contributed by atoms with Crippen molar-refractivity contribution in [2.24, 2.45) is 0 Å². The predicted molar refractivity (Wildman–Crippen MR) is 79.0 cm³/mol. The normalized spacial score (nSPS) is 21.7. The van der Waals surface area contributed by atoms with Crippen molar-refractivity contribution in [2.45, 2.75) is 33.0 Å². The molecule has 1 aliphatic rings. The van der Waals surface area contributed by atoms with Gasteiger partial charge in [-0.15, -0.1) is 0 Å². The van der Waals surface area contributed by atoms with E-state index in [4.69, 9.17) is 0 Å². The summed E-state index contributed by atoms with van der Waals surface area (Å²) >= 11 is 0. The van der Waals surface area contributed by atoms with Crippen LogP contribution >= 0.6 is 0 Å². The molecule has 1 aromatic rings. The molecule has 0 spiro atoms. The number of piperazine rings is 1. The highest BCUT2D eigenvalue weighted by atomic mass is 15.3. The lowest BCUT2D eigenvalue weighted by molar-refractivity contribution is 0.0927. The molecule has 0 radical (unpaired) electrons. The average molecular weight is 262 g/mol. The Bertz CT molecular complexity index is 376. The lowest BCUT2D eigenvalue weighted by Gasteiger charge is -2.37. The summed E-state index contributed by atoms with van der Waals surface area (Å²) in [6.07, 6.45) is 2.00. The van der Waals surface area contributed by atoms with Crippen LogP contribution in [0.3, 0.4) is 0 Å². The molecule has 4 nitrogen and oxygen atoms in total. The van der Waals surface area contributed by atoms with Crippen molar-refractivity contribution in [1.29, 1.82) is 0 Å². The minimum atomic E-state index is 0.613. The van der Waals surface area contributed by atoms with E-state index in [-0.39, 0.29) is 0 Å². The van der Waals surface area contributed by atoms with Crippen LogP contribution in [0.4, 0.5) is 0 Å². The van der Waals surface area contributed by atoms with E-state index in [0.717, 1.165) is 39.3 Å². The molecule has 19 heavy (non-hydrogen) atoms. The maximum Gasteiger partial charge on any atom is 0.0544 e. The number of aromatic nitrogens is 1. The Balaban J connectivity index is 1.88. The highest BCUT2D eigenvalue weighted by Crippen LogP contribution is 2.12. The quantitative estimate of drug-likeness (QED) is 0.867. The van der Waals surface area contributed by atoms with Gasteiger partial charge in [0.25, 0.3) is 0 Å².